The second kappa shape index (κ2) is 9.67. The van der Waals surface area contributed by atoms with Gasteiger partial charge in [0.05, 0.1) is 34.2 Å². The summed E-state index contributed by atoms with van der Waals surface area (Å²) in [5.41, 5.74) is 2.96. The Kier molecular flexibility index (Phi) is 6.79. The molecule has 1 atom stereocenters. The van der Waals surface area contributed by atoms with Crippen LogP contribution in [0.1, 0.15) is 41.8 Å². The number of rotatable bonds is 6. The van der Waals surface area contributed by atoms with Gasteiger partial charge in [-0.1, -0.05) is 78.3 Å². The lowest BCUT2D eigenvalue weighted by Crippen LogP contribution is -2.34. The van der Waals surface area contributed by atoms with Gasteiger partial charge in [0, 0.05) is 17.1 Å². The van der Waals surface area contributed by atoms with Crippen molar-refractivity contribution in [1.29, 1.82) is 0 Å². The van der Waals surface area contributed by atoms with Crippen LogP contribution in [-0.2, 0) is 30.1 Å². The molecule has 1 aliphatic rings. The highest BCUT2D eigenvalue weighted by Gasteiger charge is 2.33. The van der Waals surface area contributed by atoms with E-state index in [0.29, 0.717) is 34.1 Å². The number of nitrogens with zero attached hydrogens (tertiary/aromatic N) is 2. The Labute approximate surface area is 216 Å². The Bertz CT molecular complexity index is 1420. The molecule has 176 valence electrons. The second-order valence-electron chi connectivity index (χ2n) is 8.76. The van der Waals surface area contributed by atoms with Gasteiger partial charge in [0.1, 0.15) is 4.83 Å². The van der Waals surface area contributed by atoms with E-state index < -0.39 is 0 Å². The molecule has 2 aromatic heterocycles. The maximum Gasteiger partial charge on any atom is 0.263 e. The van der Waals surface area contributed by atoms with Gasteiger partial charge >= 0.3 is 0 Å². The first-order chi connectivity index (χ1) is 16.4. The average molecular weight is 532 g/mol. The molecule has 5 rings (SSSR count). The van der Waals surface area contributed by atoms with Crippen LogP contribution in [0.3, 0.4) is 0 Å². The SMILES string of the molecule is CCC1(C)Cc2c(sc3nc(SCc4ccc(Cl)c(Cl)c4)n(Cc4ccccc4)c(=O)c23)CO1. The molecule has 1 unspecified atom stereocenters. The number of hydrogen-bond acceptors (Lipinski definition) is 5. The van der Waals surface area contributed by atoms with Gasteiger partial charge in [-0.3, -0.25) is 9.36 Å². The van der Waals surface area contributed by atoms with Crippen molar-refractivity contribution in [2.75, 3.05) is 0 Å². The third-order valence-electron chi connectivity index (χ3n) is 6.35. The van der Waals surface area contributed by atoms with Crippen LogP contribution in [-0.4, -0.2) is 15.2 Å². The zero-order valence-corrected chi connectivity index (χ0v) is 22.1. The van der Waals surface area contributed by atoms with Crippen molar-refractivity contribution < 1.29 is 4.74 Å². The van der Waals surface area contributed by atoms with Gasteiger partial charge in [0.15, 0.2) is 5.16 Å². The Morgan fingerprint density at radius 3 is 2.68 bits per heavy atom. The lowest BCUT2D eigenvalue weighted by molar-refractivity contribution is -0.0543. The van der Waals surface area contributed by atoms with Crippen molar-refractivity contribution in [3.63, 3.8) is 0 Å². The maximum atomic E-state index is 13.9. The number of hydrogen-bond donors (Lipinski definition) is 0. The predicted molar refractivity (Wildman–Crippen MR) is 143 cm³/mol. The lowest BCUT2D eigenvalue weighted by Gasteiger charge is -2.32. The molecule has 0 saturated carbocycles. The first-order valence-electron chi connectivity index (χ1n) is 11.2. The predicted octanol–water partition coefficient (Wildman–Crippen LogP) is 7.35. The standard InChI is InChI=1S/C26H24Cl2N2O2S2/c1-3-26(2)12-18-21(14-32-26)34-23-22(18)24(31)30(13-16-7-5-4-6-8-16)25(29-23)33-15-17-9-10-19(27)20(28)11-17/h4-11H,3,12-15H2,1-2H3. The summed E-state index contributed by atoms with van der Waals surface area (Å²) in [7, 11) is 0. The molecule has 1 aliphatic heterocycles. The van der Waals surface area contributed by atoms with E-state index in [1.807, 2.05) is 47.0 Å². The minimum absolute atomic E-state index is 0.0170. The lowest BCUT2D eigenvalue weighted by atomic mass is 9.90. The van der Waals surface area contributed by atoms with E-state index in [-0.39, 0.29) is 11.2 Å². The van der Waals surface area contributed by atoms with E-state index in [0.717, 1.165) is 44.6 Å². The van der Waals surface area contributed by atoms with Gasteiger partial charge in [-0.05, 0) is 42.2 Å². The van der Waals surface area contributed by atoms with Crippen LogP contribution in [0.15, 0.2) is 58.5 Å². The quantitative estimate of drug-likeness (QED) is 0.193. The second-order valence-corrected chi connectivity index (χ2v) is 11.6. The van der Waals surface area contributed by atoms with Crippen molar-refractivity contribution >= 4 is 56.5 Å². The summed E-state index contributed by atoms with van der Waals surface area (Å²) < 4.78 is 7.95. The highest BCUT2D eigenvalue weighted by Crippen LogP contribution is 2.39. The van der Waals surface area contributed by atoms with Gasteiger partial charge < -0.3 is 4.74 Å². The highest BCUT2D eigenvalue weighted by molar-refractivity contribution is 7.98. The molecular weight excluding hydrogens is 507 g/mol. The fraction of sp³-hybridized carbons (Fsp3) is 0.308. The maximum absolute atomic E-state index is 13.9. The van der Waals surface area contributed by atoms with Crippen LogP contribution in [0, 0.1) is 0 Å². The Balaban J connectivity index is 1.59. The van der Waals surface area contributed by atoms with Crippen molar-refractivity contribution in [3.8, 4) is 0 Å². The number of fused-ring (bicyclic) bond motifs is 3. The largest absolute Gasteiger partial charge is 0.369 e. The fourth-order valence-corrected chi connectivity index (χ4v) is 6.56. The van der Waals surface area contributed by atoms with Crippen LogP contribution in [0.2, 0.25) is 10.0 Å². The minimum atomic E-state index is -0.251. The van der Waals surface area contributed by atoms with Gasteiger partial charge in [0.25, 0.3) is 5.56 Å². The molecule has 0 N–H and O–H groups in total. The third kappa shape index (κ3) is 4.67. The normalized spacial score (nSPS) is 17.8. The summed E-state index contributed by atoms with van der Waals surface area (Å²) in [5.74, 6) is 0.631. The number of aromatic nitrogens is 2. The number of benzene rings is 2. The molecule has 0 radical (unpaired) electrons. The van der Waals surface area contributed by atoms with Gasteiger partial charge in [0.2, 0.25) is 0 Å². The molecule has 3 heterocycles. The molecule has 4 nitrogen and oxygen atoms in total. The molecule has 0 aliphatic carbocycles. The highest BCUT2D eigenvalue weighted by atomic mass is 35.5. The van der Waals surface area contributed by atoms with Crippen LogP contribution in [0.25, 0.3) is 10.2 Å². The van der Waals surface area contributed by atoms with Crippen molar-refractivity contribution in [1.82, 2.24) is 9.55 Å². The van der Waals surface area contributed by atoms with Crippen LogP contribution >= 0.6 is 46.3 Å². The molecule has 0 amide bonds. The zero-order chi connectivity index (χ0) is 23.9. The van der Waals surface area contributed by atoms with E-state index in [2.05, 4.69) is 13.8 Å². The van der Waals surface area contributed by atoms with E-state index in [1.54, 1.807) is 17.4 Å². The molecule has 0 spiro atoms. The number of thioether (sulfide) groups is 1. The van der Waals surface area contributed by atoms with Crippen molar-refractivity contribution in [2.45, 2.75) is 56.4 Å². The molecule has 0 fully saturated rings. The summed E-state index contributed by atoms with van der Waals surface area (Å²) in [6, 6.07) is 15.6. The number of halogens is 2. The van der Waals surface area contributed by atoms with Gasteiger partial charge in [-0.15, -0.1) is 11.3 Å². The van der Waals surface area contributed by atoms with Crippen LogP contribution < -0.4 is 5.56 Å². The summed E-state index contributed by atoms with van der Waals surface area (Å²) in [6.45, 7) is 5.25. The zero-order valence-electron chi connectivity index (χ0n) is 18.9. The first-order valence-corrected chi connectivity index (χ1v) is 13.7. The topological polar surface area (TPSA) is 44.1 Å². The van der Waals surface area contributed by atoms with E-state index in [1.165, 1.54) is 11.8 Å². The summed E-state index contributed by atoms with van der Waals surface area (Å²) in [4.78, 5) is 20.8. The summed E-state index contributed by atoms with van der Waals surface area (Å²) >= 11 is 15.4. The molecule has 34 heavy (non-hydrogen) atoms. The first kappa shape index (κ1) is 23.9. The minimum Gasteiger partial charge on any atom is -0.369 e. The molecule has 2 aromatic carbocycles. The Morgan fingerprint density at radius 2 is 1.94 bits per heavy atom. The molecule has 8 heteroatoms. The number of thiophene rings is 1. The van der Waals surface area contributed by atoms with Gasteiger partial charge in [-0.2, -0.15) is 0 Å². The average Bonchev–Trinajstić information content (AvgIpc) is 3.20. The van der Waals surface area contributed by atoms with Crippen LogP contribution in [0.4, 0.5) is 0 Å². The third-order valence-corrected chi connectivity index (χ3v) is 9.23. The molecular formula is C26H24Cl2N2O2S2. The van der Waals surface area contributed by atoms with Crippen molar-refractivity contribution in [2.24, 2.45) is 0 Å². The molecule has 0 saturated heterocycles. The van der Waals surface area contributed by atoms with Gasteiger partial charge in [-0.25, -0.2) is 4.98 Å². The summed E-state index contributed by atoms with van der Waals surface area (Å²) in [6.07, 6.45) is 1.63. The summed E-state index contributed by atoms with van der Waals surface area (Å²) in [5, 5.41) is 2.50. The van der Waals surface area contributed by atoms with E-state index in [4.69, 9.17) is 32.9 Å². The fourth-order valence-electron chi connectivity index (χ4n) is 4.15. The molecule has 0 bridgehead atoms. The Hall–Kier alpha value is -1.83. The van der Waals surface area contributed by atoms with Crippen molar-refractivity contribution in [3.05, 3.63) is 90.5 Å². The monoisotopic (exact) mass is 530 g/mol. The molecule has 4 aromatic rings. The van der Waals surface area contributed by atoms with E-state index in [9.17, 15) is 4.79 Å². The number of ether oxygens (including phenoxy) is 1. The smallest absolute Gasteiger partial charge is 0.263 e. The van der Waals surface area contributed by atoms with E-state index >= 15 is 0 Å². The van der Waals surface area contributed by atoms with Crippen LogP contribution in [0.5, 0.6) is 0 Å². The Morgan fingerprint density at radius 1 is 1.15 bits per heavy atom.